The topological polar surface area (TPSA) is 95.5 Å². The minimum atomic E-state index is -2.90. The maximum atomic E-state index is 11.8. The zero-order valence-electron chi connectivity index (χ0n) is 13.3. The molecule has 1 saturated heterocycles. The summed E-state index contributed by atoms with van der Waals surface area (Å²) in [6.45, 7) is 2.33. The highest BCUT2D eigenvalue weighted by Crippen LogP contribution is 2.17. The minimum Gasteiger partial charge on any atom is -0.508 e. The van der Waals surface area contributed by atoms with Crippen molar-refractivity contribution in [2.24, 2.45) is 5.92 Å². The molecule has 1 heterocycles. The molecule has 1 aliphatic heterocycles. The molecule has 0 aromatic heterocycles. The molecule has 23 heavy (non-hydrogen) atoms. The van der Waals surface area contributed by atoms with Crippen LogP contribution in [0.5, 0.6) is 5.75 Å². The van der Waals surface area contributed by atoms with Crippen molar-refractivity contribution < 1.29 is 18.3 Å². The number of rotatable bonds is 6. The molecule has 128 valence electrons. The monoisotopic (exact) mass is 340 g/mol. The third-order valence-electron chi connectivity index (χ3n) is 4.06. The van der Waals surface area contributed by atoms with Gasteiger partial charge in [0.25, 0.3) is 0 Å². The molecule has 1 aliphatic rings. The average molecular weight is 340 g/mol. The Labute approximate surface area is 137 Å². The van der Waals surface area contributed by atoms with Crippen LogP contribution >= 0.6 is 0 Å². The number of carbonyl (C=O) groups is 1. The Morgan fingerprint density at radius 1 is 1.35 bits per heavy atom. The van der Waals surface area contributed by atoms with Gasteiger partial charge in [0.2, 0.25) is 0 Å². The van der Waals surface area contributed by atoms with Gasteiger partial charge in [-0.3, -0.25) is 0 Å². The molecule has 1 aromatic rings. The van der Waals surface area contributed by atoms with Gasteiger partial charge in [0.05, 0.1) is 11.5 Å². The predicted molar refractivity (Wildman–Crippen MR) is 89.2 cm³/mol. The molecule has 3 N–H and O–H groups in total. The van der Waals surface area contributed by atoms with Crippen LogP contribution in [0.25, 0.3) is 0 Å². The Balaban J connectivity index is 1.65. The zero-order valence-corrected chi connectivity index (χ0v) is 14.1. The van der Waals surface area contributed by atoms with E-state index in [0.29, 0.717) is 13.0 Å². The summed E-state index contributed by atoms with van der Waals surface area (Å²) in [6, 6.07) is 6.78. The minimum absolute atomic E-state index is 0.0103. The van der Waals surface area contributed by atoms with Crippen LogP contribution in [0.15, 0.2) is 24.3 Å². The Hall–Kier alpha value is -1.76. The van der Waals surface area contributed by atoms with Crippen LogP contribution in [0, 0.1) is 5.92 Å². The predicted octanol–water partition coefficient (Wildman–Crippen LogP) is 1.45. The van der Waals surface area contributed by atoms with Gasteiger partial charge in [0.15, 0.2) is 9.84 Å². The molecule has 7 heteroatoms. The fourth-order valence-electron chi connectivity index (χ4n) is 2.66. The second-order valence-corrected chi connectivity index (χ2v) is 8.46. The number of amides is 2. The Morgan fingerprint density at radius 3 is 2.65 bits per heavy atom. The summed E-state index contributed by atoms with van der Waals surface area (Å²) in [6.07, 6.45) is 2.22. The summed E-state index contributed by atoms with van der Waals surface area (Å²) in [7, 11) is -2.90. The quantitative estimate of drug-likeness (QED) is 0.730. The highest BCUT2D eigenvalue weighted by atomic mass is 32.2. The molecule has 0 aliphatic carbocycles. The number of carbonyl (C=O) groups excluding carboxylic acids is 1. The molecule has 0 saturated carbocycles. The second kappa shape index (κ2) is 7.68. The van der Waals surface area contributed by atoms with E-state index in [4.69, 9.17) is 0 Å². The van der Waals surface area contributed by atoms with Crippen molar-refractivity contribution >= 4 is 15.9 Å². The number of hydrogen-bond acceptors (Lipinski definition) is 4. The van der Waals surface area contributed by atoms with Crippen molar-refractivity contribution in [1.82, 2.24) is 10.6 Å². The molecule has 0 spiro atoms. The summed E-state index contributed by atoms with van der Waals surface area (Å²) in [5.74, 6) is 0.666. The molecule has 0 bridgehead atoms. The second-order valence-electron chi connectivity index (χ2n) is 6.23. The molecule has 2 atom stereocenters. The lowest BCUT2D eigenvalue weighted by Crippen LogP contribution is -2.42. The van der Waals surface area contributed by atoms with E-state index in [0.717, 1.165) is 18.4 Å². The van der Waals surface area contributed by atoms with Crippen LogP contribution < -0.4 is 10.6 Å². The molecular formula is C16H24N2O4S. The van der Waals surface area contributed by atoms with Crippen LogP contribution in [0.1, 0.15) is 25.3 Å². The Kier molecular flexibility index (Phi) is 5.87. The van der Waals surface area contributed by atoms with E-state index >= 15 is 0 Å². The van der Waals surface area contributed by atoms with Crippen molar-refractivity contribution in [1.29, 1.82) is 0 Å². The van der Waals surface area contributed by atoms with Gasteiger partial charge >= 0.3 is 6.03 Å². The molecule has 1 aromatic carbocycles. The highest BCUT2D eigenvalue weighted by molar-refractivity contribution is 7.91. The van der Waals surface area contributed by atoms with Crippen LogP contribution in [0.4, 0.5) is 4.79 Å². The third-order valence-corrected chi connectivity index (χ3v) is 5.89. The summed E-state index contributed by atoms with van der Waals surface area (Å²) >= 11 is 0. The van der Waals surface area contributed by atoms with Crippen LogP contribution in [-0.2, 0) is 16.3 Å². The maximum absolute atomic E-state index is 11.8. The van der Waals surface area contributed by atoms with E-state index in [9.17, 15) is 18.3 Å². The molecule has 1 fully saturated rings. The fraction of sp³-hybridized carbons (Fsp3) is 0.562. The lowest BCUT2D eigenvalue weighted by atomic mass is 10.1. The smallest absolute Gasteiger partial charge is 0.315 e. The molecule has 0 unspecified atom stereocenters. The number of sulfone groups is 1. The SMILES string of the molecule is C[C@H](CCc1ccc(O)cc1)NC(=O)NC[C@H]1CCS(=O)(=O)C1. The van der Waals surface area contributed by atoms with E-state index in [-0.39, 0.29) is 35.2 Å². The summed E-state index contributed by atoms with van der Waals surface area (Å²) < 4.78 is 22.7. The zero-order chi connectivity index (χ0) is 16.9. The third kappa shape index (κ3) is 6.09. The maximum Gasteiger partial charge on any atom is 0.315 e. The van der Waals surface area contributed by atoms with E-state index in [2.05, 4.69) is 10.6 Å². The van der Waals surface area contributed by atoms with Crippen molar-refractivity contribution in [2.75, 3.05) is 18.1 Å². The Morgan fingerprint density at radius 2 is 2.04 bits per heavy atom. The van der Waals surface area contributed by atoms with Gasteiger partial charge in [0, 0.05) is 12.6 Å². The first-order valence-electron chi connectivity index (χ1n) is 7.87. The summed E-state index contributed by atoms with van der Waals surface area (Å²) in [4.78, 5) is 11.8. The van der Waals surface area contributed by atoms with Crippen LogP contribution in [0.2, 0.25) is 0 Å². The highest BCUT2D eigenvalue weighted by Gasteiger charge is 2.27. The normalized spacial score (nSPS) is 20.8. The summed E-state index contributed by atoms with van der Waals surface area (Å²) in [5, 5.41) is 14.8. The molecule has 2 rings (SSSR count). The standard InChI is InChI=1S/C16H24N2O4S/c1-12(2-3-13-4-6-15(19)7-5-13)18-16(20)17-10-14-8-9-23(21,22)11-14/h4-7,12,14,19H,2-3,8-11H2,1H3,(H2,17,18,20)/t12-,14-/m1/s1. The summed E-state index contributed by atoms with van der Waals surface area (Å²) in [5.41, 5.74) is 1.10. The molecule has 0 radical (unpaired) electrons. The molecule has 2 amide bonds. The first-order valence-corrected chi connectivity index (χ1v) is 9.69. The van der Waals surface area contributed by atoms with Gasteiger partial charge in [-0.2, -0.15) is 0 Å². The van der Waals surface area contributed by atoms with E-state index < -0.39 is 9.84 Å². The lowest BCUT2D eigenvalue weighted by Gasteiger charge is -2.16. The van der Waals surface area contributed by atoms with Gasteiger partial charge in [0.1, 0.15) is 5.75 Å². The number of phenols is 1. The lowest BCUT2D eigenvalue weighted by molar-refractivity contribution is 0.235. The van der Waals surface area contributed by atoms with E-state index in [1.807, 2.05) is 19.1 Å². The largest absolute Gasteiger partial charge is 0.508 e. The average Bonchev–Trinajstić information content (AvgIpc) is 2.84. The number of benzene rings is 1. The fourth-order valence-corrected chi connectivity index (χ4v) is 4.52. The molecular weight excluding hydrogens is 316 g/mol. The number of hydrogen-bond donors (Lipinski definition) is 3. The van der Waals surface area contributed by atoms with Crippen LogP contribution in [0.3, 0.4) is 0 Å². The van der Waals surface area contributed by atoms with E-state index in [1.54, 1.807) is 12.1 Å². The van der Waals surface area contributed by atoms with E-state index in [1.165, 1.54) is 0 Å². The van der Waals surface area contributed by atoms with Gasteiger partial charge in [-0.25, -0.2) is 13.2 Å². The van der Waals surface area contributed by atoms with Crippen molar-refractivity contribution in [3.8, 4) is 5.75 Å². The first kappa shape index (κ1) is 17.6. The van der Waals surface area contributed by atoms with Crippen molar-refractivity contribution in [3.63, 3.8) is 0 Å². The van der Waals surface area contributed by atoms with Crippen molar-refractivity contribution in [2.45, 2.75) is 32.2 Å². The van der Waals surface area contributed by atoms with Gasteiger partial charge in [-0.05, 0) is 49.8 Å². The number of aryl methyl sites for hydroxylation is 1. The number of aromatic hydroxyl groups is 1. The number of phenolic OH excluding ortho intramolecular Hbond substituents is 1. The van der Waals surface area contributed by atoms with Gasteiger partial charge in [-0.15, -0.1) is 0 Å². The number of nitrogens with one attached hydrogen (secondary N) is 2. The first-order chi connectivity index (χ1) is 10.8. The Bertz CT molecular complexity index is 628. The van der Waals surface area contributed by atoms with Gasteiger partial charge in [-0.1, -0.05) is 12.1 Å². The molecule has 6 nitrogen and oxygen atoms in total. The van der Waals surface area contributed by atoms with Gasteiger partial charge < -0.3 is 15.7 Å². The van der Waals surface area contributed by atoms with Crippen molar-refractivity contribution in [3.05, 3.63) is 29.8 Å². The van der Waals surface area contributed by atoms with Crippen LogP contribution in [-0.4, -0.2) is 43.6 Å². The number of urea groups is 1.